The zero-order valence-electron chi connectivity index (χ0n) is 17.0. The van der Waals surface area contributed by atoms with Crippen molar-refractivity contribution in [2.45, 2.75) is 59.0 Å². The average molecular weight is 415 g/mol. The summed E-state index contributed by atoms with van der Waals surface area (Å²) in [5.74, 6) is -0.693. The molecule has 0 bridgehead atoms. The van der Waals surface area contributed by atoms with Gasteiger partial charge in [-0.2, -0.15) is 0 Å². The summed E-state index contributed by atoms with van der Waals surface area (Å²) in [4.78, 5) is 37.6. The van der Waals surface area contributed by atoms with E-state index in [9.17, 15) is 14.4 Å². The van der Waals surface area contributed by atoms with E-state index in [2.05, 4.69) is 10.6 Å². The molecule has 0 atom stereocenters. The maximum Gasteiger partial charge on any atom is 0.341 e. The van der Waals surface area contributed by atoms with Crippen LogP contribution in [0.15, 0.2) is 24.3 Å². The average Bonchev–Trinajstić information content (AvgIpc) is 3.00. The number of ether oxygens (including phenoxy) is 1. The van der Waals surface area contributed by atoms with Crippen molar-refractivity contribution in [3.8, 4) is 0 Å². The van der Waals surface area contributed by atoms with Crippen molar-refractivity contribution in [3.05, 3.63) is 45.8 Å². The number of aryl methyl sites for hydroxylation is 1. The molecule has 0 aliphatic heterocycles. The van der Waals surface area contributed by atoms with Crippen molar-refractivity contribution in [1.82, 2.24) is 0 Å². The largest absolute Gasteiger partial charge is 0.459 e. The van der Waals surface area contributed by atoms with E-state index in [1.807, 2.05) is 13.8 Å². The maximum atomic E-state index is 12.7. The maximum absolute atomic E-state index is 12.7. The summed E-state index contributed by atoms with van der Waals surface area (Å²) >= 11 is 1.49. The Morgan fingerprint density at radius 1 is 1.07 bits per heavy atom. The second-order valence-electron chi connectivity index (χ2n) is 7.47. The summed E-state index contributed by atoms with van der Waals surface area (Å²) in [6.45, 7) is 5.09. The number of benzene rings is 1. The van der Waals surface area contributed by atoms with Crippen LogP contribution in [0.2, 0.25) is 0 Å². The van der Waals surface area contributed by atoms with Gasteiger partial charge in [-0.05, 0) is 62.8 Å². The Morgan fingerprint density at radius 3 is 2.41 bits per heavy atom. The summed E-state index contributed by atoms with van der Waals surface area (Å²) in [6.07, 6.45) is 3.88. The van der Waals surface area contributed by atoms with Crippen LogP contribution in [-0.4, -0.2) is 23.9 Å². The van der Waals surface area contributed by atoms with Crippen molar-refractivity contribution >= 4 is 39.8 Å². The smallest absolute Gasteiger partial charge is 0.341 e. The Balaban J connectivity index is 1.75. The minimum absolute atomic E-state index is 0.141. The number of thiophene rings is 1. The molecule has 0 saturated heterocycles. The number of anilines is 2. The van der Waals surface area contributed by atoms with Gasteiger partial charge in [-0.1, -0.05) is 12.1 Å². The first-order valence-electron chi connectivity index (χ1n) is 9.85. The highest BCUT2D eigenvalue weighted by molar-refractivity contribution is 7.17. The van der Waals surface area contributed by atoms with Crippen LogP contribution in [0.3, 0.4) is 0 Å². The number of rotatable bonds is 6. The lowest BCUT2D eigenvalue weighted by Gasteiger charge is -2.14. The molecule has 0 saturated carbocycles. The van der Waals surface area contributed by atoms with Gasteiger partial charge in [-0.3, -0.25) is 9.59 Å². The van der Waals surface area contributed by atoms with E-state index < -0.39 is 0 Å². The van der Waals surface area contributed by atoms with Crippen LogP contribution < -0.4 is 10.6 Å². The fourth-order valence-corrected chi connectivity index (χ4v) is 4.70. The number of carbonyl (C=O) groups is 3. The van der Waals surface area contributed by atoms with Gasteiger partial charge in [0.15, 0.2) is 0 Å². The third-order valence-electron chi connectivity index (χ3n) is 4.61. The van der Waals surface area contributed by atoms with Crippen molar-refractivity contribution in [3.63, 3.8) is 0 Å². The van der Waals surface area contributed by atoms with E-state index in [1.165, 1.54) is 23.1 Å². The Morgan fingerprint density at radius 2 is 1.76 bits per heavy atom. The van der Waals surface area contributed by atoms with Crippen molar-refractivity contribution in [2.24, 2.45) is 0 Å². The van der Waals surface area contributed by atoms with Gasteiger partial charge in [0.05, 0.1) is 18.1 Å². The molecule has 1 aromatic heterocycles. The quantitative estimate of drug-likeness (QED) is 0.689. The molecular weight excluding hydrogens is 388 g/mol. The van der Waals surface area contributed by atoms with E-state index in [1.54, 1.807) is 24.3 Å². The van der Waals surface area contributed by atoms with Gasteiger partial charge in [0.25, 0.3) is 0 Å². The van der Waals surface area contributed by atoms with Crippen LogP contribution in [0.5, 0.6) is 0 Å². The van der Waals surface area contributed by atoms with Crippen LogP contribution in [0.25, 0.3) is 0 Å². The molecule has 7 heteroatoms. The molecule has 29 heavy (non-hydrogen) atoms. The van der Waals surface area contributed by atoms with Gasteiger partial charge < -0.3 is 15.4 Å². The Kier molecular flexibility index (Phi) is 6.69. The molecule has 0 radical (unpaired) electrons. The van der Waals surface area contributed by atoms with Gasteiger partial charge in [-0.15, -0.1) is 11.3 Å². The SMILES string of the molecule is CC(=O)Nc1ccc(CC(=O)Nc2sc3c(c2C(=O)OC(C)C)CCCC3)cc1. The molecule has 1 aliphatic rings. The number of nitrogens with one attached hydrogen (secondary N) is 2. The topological polar surface area (TPSA) is 84.5 Å². The van der Waals surface area contributed by atoms with E-state index in [0.29, 0.717) is 16.3 Å². The van der Waals surface area contributed by atoms with Gasteiger partial charge in [0, 0.05) is 17.5 Å². The number of amides is 2. The molecule has 1 aliphatic carbocycles. The van der Waals surface area contributed by atoms with Crippen LogP contribution in [0.1, 0.15) is 60.0 Å². The van der Waals surface area contributed by atoms with Crippen LogP contribution in [0.4, 0.5) is 10.7 Å². The van der Waals surface area contributed by atoms with Crippen LogP contribution >= 0.6 is 11.3 Å². The standard InChI is InChI=1S/C22H26N2O4S/c1-13(2)28-22(27)20-17-6-4-5-7-18(17)29-21(20)24-19(26)12-15-8-10-16(11-9-15)23-14(3)25/h8-11,13H,4-7,12H2,1-3H3,(H,23,25)(H,24,26). The number of carbonyl (C=O) groups excluding carboxylic acids is 3. The highest BCUT2D eigenvalue weighted by Crippen LogP contribution is 2.38. The molecule has 0 spiro atoms. The van der Waals surface area contributed by atoms with Crippen molar-refractivity contribution in [2.75, 3.05) is 10.6 Å². The van der Waals surface area contributed by atoms with E-state index in [0.717, 1.165) is 36.8 Å². The number of hydrogen-bond donors (Lipinski definition) is 2. The first-order chi connectivity index (χ1) is 13.8. The molecule has 0 fully saturated rings. The zero-order chi connectivity index (χ0) is 21.0. The molecule has 1 aromatic carbocycles. The van der Waals surface area contributed by atoms with E-state index >= 15 is 0 Å². The highest BCUT2D eigenvalue weighted by Gasteiger charge is 2.27. The van der Waals surface area contributed by atoms with Crippen LogP contribution in [0, 0.1) is 0 Å². The van der Waals surface area contributed by atoms with Crippen LogP contribution in [-0.2, 0) is 33.6 Å². The lowest BCUT2D eigenvalue weighted by Crippen LogP contribution is -2.18. The highest BCUT2D eigenvalue weighted by atomic mass is 32.1. The molecule has 0 unspecified atom stereocenters. The third kappa shape index (κ3) is 5.44. The first-order valence-corrected chi connectivity index (χ1v) is 10.7. The number of esters is 1. The fourth-order valence-electron chi connectivity index (χ4n) is 3.41. The summed E-state index contributed by atoms with van der Waals surface area (Å²) in [7, 11) is 0. The molecule has 6 nitrogen and oxygen atoms in total. The lowest BCUT2D eigenvalue weighted by atomic mass is 9.95. The minimum Gasteiger partial charge on any atom is -0.459 e. The Labute approximate surface area is 174 Å². The first kappa shape index (κ1) is 21.0. The van der Waals surface area contributed by atoms with E-state index in [-0.39, 0.29) is 30.3 Å². The van der Waals surface area contributed by atoms with Gasteiger partial charge in [0.2, 0.25) is 11.8 Å². The summed E-state index contributed by atoms with van der Waals surface area (Å²) in [5.41, 5.74) is 3.06. The molecule has 2 aromatic rings. The van der Waals surface area contributed by atoms with Gasteiger partial charge in [-0.25, -0.2) is 4.79 Å². The Bertz CT molecular complexity index is 916. The third-order valence-corrected chi connectivity index (χ3v) is 5.82. The van der Waals surface area contributed by atoms with Gasteiger partial charge in [0.1, 0.15) is 5.00 Å². The lowest BCUT2D eigenvalue weighted by molar-refractivity contribution is -0.116. The Hall–Kier alpha value is -2.67. The normalized spacial score (nSPS) is 13.0. The molecule has 3 rings (SSSR count). The minimum atomic E-state index is -0.366. The summed E-state index contributed by atoms with van der Waals surface area (Å²) in [5, 5.41) is 6.21. The molecule has 1 heterocycles. The monoisotopic (exact) mass is 414 g/mol. The van der Waals surface area contributed by atoms with Crippen molar-refractivity contribution in [1.29, 1.82) is 0 Å². The summed E-state index contributed by atoms with van der Waals surface area (Å²) < 4.78 is 5.43. The number of hydrogen-bond acceptors (Lipinski definition) is 5. The number of fused-ring (bicyclic) bond motifs is 1. The van der Waals surface area contributed by atoms with Crippen molar-refractivity contribution < 1.29 is 19.1 Å². The summed E-state index contributed by atoms with van der Waals surface area (Å²) in [6, 6.07) is 7.13. The zero-order valence-corrected chi connectivity index (χ0v) is 17.8. The predicted molar refractivity (Wildman–Crippen MR) is 115 cm³/mol. The molecule has 2 N–H and O–H groups in total. The van der Waals surface area contributed by atoms with Gasteiger partial charge >= 0.3 is 5.97 Å². The second-order valence-corrected chi connectivity index (χ2v) is 8.58. The molecule has 154 valence electrons. The predicted octanol–water partition coefficient (Wildman–Crippen LogP) is 4.33. The van der Waals surface area contributed by atoms with E-state index in [4.69, 9.17) is 4.74 Å². The molecule has 2 amide bonds. The fraction of sp³-hybridized carbons (Fsp3) is 0.409. The molecular formula is C22H26N2O4S. The second kappa shape index (κ2) is 9.22.